The number of carbonyl (C=O) groups excluding carboxylic acids is 2. The third kappa shape index (κ3) is 0.928. The number of carbonyl (C=O) groups is 2. The second-order valence-electron chi connectivity index (χ2n) is 3.67. The predicted molar refractivity (Wildman–Crippen MR) is 52.8 cm³/mol. The zero-order chi connectivity index (χ0) is 9.76. The van der Waals surface area contributed by atoms with Gasteiger partial charge in [0.05, 0.1) is 10.4 Å². The molecule has 1 aliphatic heterocycles. The second kappa shape index (κ2) is 2.36. The molecule has 0 aromatic carbocycles. The molecule has 0 atom stereocenters. The van der Waals surface area contributed by atoms with Gasteiger partial charge in [-0.25, -0.2) is 4.79 Å². The van der Waals surface area contributed by atoms with Gasteiger partial charge in [-0.15, -0.1) is 11.3 Å². The molecule has 3 rings (SSSR count). The van der Waals surface area contributed by atoms with E-state index in [0.717, 1.165) is 29.7 Å². The van der Waals surface area contributed by atoms with Crippen LogP contribution in [-0.2, 0) is 5.54 Å². The van der Waals surface area contributed by atoms with E-state index in [2.05, 4.69) is 10.6 Å². The molecule has 0 saturated heterocycles. The van der Waals surface area contributed by atoms with E-state index in [1.807, 2.05) is 6.07 Å². The van der Waals surface area contributed by atoms with E-state index < -0.39 is 0 Å². The Hall–Kier alpha value is -1.36. The van der Waals surface area contributed by atoms with Crippen molar-refractivity contribution in [2.75, 3.05) is 5.32 Å². The largest absolute Gasteiger partial charge is 0.328 e. The summed E-state index contributed by atoms with van der Waals surface area (Å²) >= 11 is 1.34. The van der Waals surface area contributed by atoms with Gasteiger partial charge in [-0.2, -0.15) is 0 Å². The van der Waals surface area contributed by atoms with E-state index in [-0.39, 0.29) is 11.6 Å². The Kier molecular flexibility index (Phi) is 1.35. The molecule has 1 spiro atoms. The molecular weight excluding hydrogens is 200 g/mol. The minimum Gasteiger partial charge on any atom is -0.328 e. The summed E-state index contributed by atoms with van der Waals surface area (Å²) in [5, 5.41) is 6.45. The van der Waals surface area contributed by atoms with E-state index in [4.69, 9.17) is 0 Å². The minimum atomic E-state index is -0.158. The molecular formula is C9H8N2O2S. The van der Waals surface area contributed by atoms with Crippen molar-refractivity contribution in [1.82, 2.24) is 5.32 Å². The van der Waals surface area contributed by atoms with Gasteiger partial charge < -0.3 is 5.32 Å². The fourth-order valence-corrected chi connectivity index (χ4v) is 2.82. The van der Waals surface area contributed by atoms with Crippen molar-refractivity contribution in [1.29, 1.82) is 0 Å². The number of fused-ring (bicyclic) bond motifs is 2. The average molecular weight is 208 g/mol. The fraction of sp³-hybridized carbons (Fsp3) is 0.333. The maximum absolute atomic E-state index is 11.3. The molecule has 2 heterocycles. The first-order chi connectivity index (χ1) is 6.73. The number of hydrogen-bond acceptors (Lipinski definition) is 3. The van der Waals surface area contributed by atoms with Crippen LogP contribution in [0.5, 0.6) is 0 Å². The highest BCUT2D eigenvalue weighted by Crippen LogP contribution is 2.52. The van der Waals surface area contributed by atoms with Crippen LogP contribution in [0, 0.1) is 0 Å². The van der Waals surface area contributed by atoms with Crippen LogP contribution in [0.15, 0.2) is 6.07 Å². The third-order valence-electron chi connectivity index (χ3n) is 2.71. The molecule has 1 aromatic rings. The van der Waals surface area contributed by atoms with Crippen molar-refractivity contribution < 1.29 is 9.59 Å². The predicted octanol–water partition coefficient (Wildman–Crippen LogP) is 1.68. The third-order valence-corrected chi connectivity index (χ3v) is 3.69. The van der Waals surface area contributed by atoms with E-state index in [1.165, 1.54) is 11.3 Å². The lowest BCUT2D eigenvalue weighted by molar-refractivity contribution is 0.112. The summed E-state index contributed by atoms with van der Waals surface area (Å²) in [4.78, 5) is 22.6. The maximum Gasteiger partial charge on any atom is 0.320 e. The normalized spacial score (nSPS) is 21.0. The maximum atomic E-state index is 11.3. The molecule has 72 valence electrons. The number of urea groups is 1. The van der Waals surface area contributed by atoms with Crippen molar-refractivity contribution in [2.45, 2.75) is 18.4 Å². The average Bonchev–Trinajstić information content (AvgIpc) is 2.78. The zero-order valence-electron chi connectivity index (χ0n) is 7.29. The smallest absolute Gasteiger partial charge is 0.320 e. The first-order valence-electron chi connectivity index (χ1n) is 4.42. The molecule has 1 aromatic heterocycles. The first-order valence-corrected chi connectivity index (χ1v) is 5.24. The van der Waals surface area contributed by atoms with Crippen LogP contribution >= 0.6 is 11.3 Å². The van der Waals surface area contributed by atoms with Gasteiger partial charge in [-0.1, -0.05) is 0 Å². The van der Waals surface area contributed by atoms with Crippen molar-refractivity contribution in [3.8, 4) is 0 Å². The number of aldehydes is 1. The van der Waals surface area contributed by atoms with Gasteiger partial charge in [0.2, 0.25) is 0 Å². The Bertz CT molecular complexity index is 434. The van der Waals surface area contributed by atoms with Crippen molar-refractivity contribution in [2.24, 2.45) is 0 Å². The van der Waals surface area contributed by atoms with Crippen LogP contribution in [0.4, 0.5) is 9.80 Å². The van der Waals surface area contributed by atoms with E-state index in [9.17, 15) is 9.59 Å². The van der Waals surface area contributed by atoms with Crippen LogP contribution in [0.1, 0.15) is 28.1 Å². The summed E-state index contributed by atoms with van der Waals surface area (Å²) in [6.07, 6.45) is 2.77. The van der Waals surface area contributed by atoms with Crippen LogP contribution in [0.3, 0.4) is 0 Å². The zero-order valence-corrected chi connectivity index (χ0v) is 8.11. The molecule has 1 fully saturated rings. The topological polar surface area (TPSA) is 58.2 Å². The monoisotopic (exact) mass is 208 g/mol. The Morgan fingerprint density at radius 1 is 1.50 bits per heavy atom. The number of nitrogens with one attached hydrogen (secondary N) is 2. The number of rotatable bonds is 1. The van der Waals surface area contributed by atoms with Gasteiger partial charge in [0.25, 0.3) is 0 Å². The quantitative estimate of drug-likeness (QED) is 0.690. The first kappa shape index (κ1) is 7.99. The highest BCUT2D eigenvalue weighted by Gasteiger charge is 2.50. The SMILES string of the molecule is O=Cc1cc2c(s1)NC(=O)NC21CC1. The van der Waals surface area contributed by atoms with Crippen LogP contribution in [-0.4, -0.2) is 12.3 Å². The second-order valence-corrected chi connectivity index (χ2v) is 4.75. The Labute approximate surface area is 84.3 Å². The van der Waals surface area contributed by atoms with Crippen LogP contribution < -0.4 is 10.6 Å². The fourth-order valence-electron chi connectivity index (χ4n) is 1.85. The van der Waals surface area contributed by atoms with E-state index >= 15 is 0 Å². The van der Waals surface area contributed by atoms with Gasteiger partial charge in [-0.05, 0) is 18.9 Å². The molecule has 4 nitrogen and oxygen atoms in total. The van der Waals surface area contributed by atoms with Gasteiger partial charge in [-0.3, -0.25) is 10.1 Å². The highest BCUT2D eigenvalue weighted by atomic mass is 32.1. The summed E-state index contributed by atoms with van der Waals surface area (Å²) in [5.41, 5.74) is 0.916. The van der Waals surface area contributed by atoms with Gasteiger partial charge >= 0.3 is 6.03 Å². The number of amides is 2. The lowest BCUT2D eigenvalue weighted by Crippen LogP contribution is -2.42. The summed E-state index contributed by atoms with van der Waals surface area (Å²) in [7, 11) is 0. The van der Waals surface area contributed by atoms with Crippen molar-refractivity contribution in [3.63, 3.8) is 0 Å². The highest BCUT2D eigenvalue weighted by molar-refractivity contribution is 7.18. The minimum absolute atomic E-state index is 0.157. The summed E-state index contributed by atoms with van der Waals surface area (Å²) < 4.78 is 0. The number of anilines is 1. The molecule has 0 bridgehead atoms. The number of thiophene rings is 1. The van der Waals surface area contributed by atoms with Crippen LogP contribution in [0.25, 0.3) is 0 Å². The lowest BCUT2D eigenvalue weighted by Gasteiger charge is -2.23. The van der Waals surface area contributed by atoms with E-state index in [0.29, 0.717) is 4.88 Å². The summed E-state index contributed by atoms with van der Waals surface area (Å²) in [6, 6.07) is 1.71. The Morgan fingerprint density at radius 3 is 2.93 bits per heavy atom. The molecule has 2 aliphatic rings. The van der Waals surface area contributed by atoms with Crippen molar-refractivity contribution in [3.05, 3.63) is 16.5 Å². The summed E-state index contributed by atoms with van der Waals surface area (Å²) in [6.45, 7) is 0. The summed E-state index contributed by atoms with van der Waals surface area (Å²) in [5.74, 6) is 0. The molecule has 0 unspecified atom stereocenters. The van der Waals surface area contributed by atoms with Gasteiger partial charge in [0.15, 0.2) is 6.29 Å². The van der Waals surface area contributed by atoms with Crippen LogP contribution in [0.2, 0.25) is 0 Å². The van der Waals surface area contributed by atoms with Gasteiger partial charge in [0.1, 0.15) is 5.00 Å². The molecule has 0 radical (unpaired) electrons. The molecule has 14 heavy (non-hydrogen) atoms. The molecule has 2 amide bonds. The lowest BCUT2D eigenvalue weighted by atomic mass is 10.1. The van der Waals surface area contributed by atoms with Crippen molar-refractivity contribution >= 4 is 28.7 Å². The Balaban J connectivity index is 2.14. The number of hydrogen-bond donors (Lipinski definition) is 2. The van der Waals surface area contributed by atoms with E-state index in [1.54, 1.807) is 0 Å². The van der Waals surface area contributed by atoms with Gasteiger partial charge in [0, 0.05) is 5.56 Å². The molecule has 1 saturated carbocycles. The molecule has 5 heteroatoms. The molecule has 2 N–H and O–H groups in total. The molecule has 1 aliphatic carbocycles. The standard InChI is InChI=1S/C9H8N2O2S/c12-4-5-3-6-7(14-5)10-8(13)11-9(6)1-2-9/h3-4H,1-2H2,(H2,10,11,13). The Morgan fingerprint density at radius 2 is 2.29 bits per heavy atom.